The topological polar surface area (TPSA) is 34.9 Å². The number of imidazole rings is 1. The van der Waals surface area contributed by atoms with E-state index in [1.54, 1.807) is 12.3 Å². The lowest BCUT2D eigenvalue weighted by Gasteiger charge is -2.13. The minimum atomic E-state index is -0.868. The molecule has 0 saturated heterocycles. The molecule has 0 N–H and O–H groups in total. The number of alkyl halides is 1. The zero-order chi connectivity index (χ0) is 14.9. The molecular weight excluding hydrogens is 299 g/mol. The Labute approximate surface area is 125 Å². The lowest BCUT2D eigenvalue weighted by Crippen LogP contribution is -2.14. The lowest BCUT2D eigenvalue weighted by atomic mass is 10.3. The number of hydrogen-bond acceptors (Lipinski definition) is 2. The van der Waals surface area contributed by atoms with Crippen LogP contribution in [-0.2, 0) is 17.3 Å². The first-order chi connectivity index (χ1) is 9.41. The summed E-state index contributed by atoms with van der Waals surface area (Å²) in [5.74, 6) is 0.313. The highest BCUT2D eigenvalue weighted by Gasteiger charge is 2.18. The smallest absolute Gasteiger partial charge is 0.151 e. The summed E-state index contributed by atoms with van der Waals surface area (Å²) in [5, 5.41) is -0.219. The molecule has 0 fully saturated rings. The maximum absolute atomic E-state index is 13.8. The summed E-state index contributed by atoms with van der Waals surface area (Å²) in [5.41, 5.74) is 1.09. The average Bonchev–Trinajstić information content (AvgIpc) is 2.76. The van der Waals surface area contributed by atoms with Crippen molar-refractivity contribution in [2.45, 2.75) is 37.4 Å². The number of nitrogens with zero attached hydrogens (tertiary/aromatic N) is 2. The van der Waals surface area contributed by atoms with E-state index < -0.39 is 10.8 Å². The van der Waals surface area contributed by atoms with Gasteiger partial charge in [-0.15, -0.1) is 11.6 Å². The van der Waals surface area contributed by atoms with Crippen molar-refractivity contribution in [1.82, 2.24) is 9.55 Å². The first-order valence-electron chi connectivity index (χ1n) is 6.52. The molecule has 0 aliphatic carbocycles. The molecule has 1 aromatic heterocycles. The van der Waals surface area contributed by atoms with E-state index in [1.807, 2.05) is 24.5 Å². The van der Waals surface area contributed by atoms with Crippen LogP contribution < -0.4 is 0 Å². The van der Waals surface area contributed by atoms with E-state index in [4.69, 9.17) is 11.6 Å². The van der Waals surface area contributed by atoms with Gasteiger partial charge in [0.25, 0.3) is 0 Å². The maximum atomic E-state index is 13.8. The zero-order valence-electron chi connectivity index (χ0n) is 11.8. The molecule has 2 rings (SSSR count). The van der Waals surface area contributed by atoms with Crippen molar-refractivity contribution in [2.24, 2.45) is 0 Å². The van der Waals surface area contributed by atoms with Gasteiger partial charge in [-0.1, -0.05) is 13.0 Å². The summed E-state index contributed by atoms with van der Waals surface area (Å²) in [4.78, 5) is 4.31. The van der Waals surface area contributed by atoms with E-state index in [2.05, 4.69) is 4.98 Å². The second-order valence-corrected chi connectivity index (χ2v) is 7.40. The van der Waals surface area contributed by atoms with Crippen LogP contribution in [0.5, 0.6) is 0 Å². The molecule has 20 heavy (non-hydrogen) atoms. The van der Waals surface area contributed by atoms with Gasteiger partial charge in [-0.05, 0) is 25.5 Å². The summed E-state index contributed by atoms with van der Waals surface area (Å²) in [6.45, 7) is 4.39. The molecule has 0 aliphatic heterocycles. The van der Waals surface area contributed by atoms with E-state index in [9.17, 15) is 8.60 Å². The van der Waals surface area contributed by atoms with Gasteiger partial charge in [0, 0.05) is 28.9 Å². The number of rotatable bonds is 5. The summed E-state index contributed by atoms with van der Waals surface area (Å²) in [7, 11) is -0.868. The van der Waals surface area contributed by atoms with Gasteiger partial charge < -0.3 is 4.57 Å². The number of benzene rings is 1. The Morgan fingerprint density at radius 1 is 1.45 bits per heavy atom. The van der Waals surface area contributed by atoms with Gasteiger partial charge in [-0.25, -0.2) is 9.37 Å². The first-order valence-corrected chi connectivity index (χ1v) is 8.58. The highest BCUT2D eigenvalue weighted by Crippen LogP contribution is 2.26. The fraction of sp³-hybridized carbons (Fsp3) is 0.500. The number of aryl methyl sites for hydroxylation is 1. The van der Waals surface area contributed by atoms with Gasteiger partial charge in [0.1, 0.15) is 11.3 Å². The quantitative estimate of drug-likeness (QED) is 0.789. The molecule has 3 atom stereocenters. The van der Waals surface area contributed by atoms with Crippen molar-refractivity contribution in [2.75, 3.05) is 6.26 Å². The van der Waals surface area contributed by atoms with Crippen LogP contribution in [0.2, 0.25) is 0 Å². The van der Waals surface area contributed by atoms with Crippen molar-refractivity contribution in [1.29, 1.82) is 0 Å². The normalized spacial score (nSPS) is 16.2. The number of fused-ring (bicyclic) bond motifs is 1. The van der Waals surface area contributed by atoms with Crippen LogP contribution in [0.25, 0.3) is 11.0 Å². The Morgan fingerprint density at radius 2 is 2.15 bits per heavy atom. The molecule has 2 aromatic rings. The fourth-order valence-corrected chi connectivity index (χ4v) is 2.75. The number of para-hydroxylation sites is 1. The molecule has 1 heterocycles. The molecule has 0 bridgehead atoms. The van der Waals surface area contributed by atoms with Gasteiger partial charge in [-0.2, -0.15) is 0 Å². The van der Waals surface area contributed by atoms with Crippen molar-refractivity contribution >= 4 is 33.4 Å². The fourth-order valence-electron chi connectivity index (χ4n) is 2.15. The minimum absolute atomic E-state index is 0.0829. The molecule has 3 unspecified atom stereocenters. The summed E-state index contributed by atoms with van der Waals surface area (Å²) in [6.07, 6.45) is 2.43. The van der Waals surface area contributed by atoms with Crippen molar-refractivity contribution in [3.8, 4) is 0 Å². The molecule has 0 radical (unpaired) electrons. The third-order valence-electron chi connectivity index (χ3n) is 3.44. The Bertz CT molecular complexity index is 641. The van der Waals surface area contributed by atoms with Gasteiger partial charge >= 0.3 is 0 Å². The highest BCUT2D eigenvalue weighted by molar-refractivity contribution is 7.84. The van der Waals surface area contributed by atoms with Crippen molar-refractivity contribution < 1.29 is 8.60 Å². The van der Waals surface area contributed by atoms with Gasteiger partial charge in [0.2, 0.25) is 0 Å². The standard InChI is InChI=1S/C14H18ClFN2OS/c1-9(20(3)19)7-8-18-12-6-4-5-11(16)13(12)17-14(18)10(2)15/h4-6,9-10H,7-8H2,1-3H3. The second kappa shape index (κ2) is 6.22. The molecule has 0 spiro atoms. The molecule has 0 amide bonds. The van der Waals surface area contributed by atoms with Crippen LogP contribution in [0.3, 0.4) is 0 Å². The summed E-state index contributed by atoms with van der Waals surface area (Å²) in [6, 6.07) is 4.90. The Balaban J connectivity index is 2.42. The highest BCUT2D eigenvalue weighted by atomic mass is 35.5. The molecule has 3 nitrogen and oxygen atoms in total. The molecular formula is C14H18ClFN2OS. The monoisotopic (exact) mass is 316 g/mol. The largest absolute Gasteiger partial charge is 0.327 e. The van der Waals surface area contributed by atoms with E-state index >= 15 is 0 Å². The van der Waals surface area contributed by atoms with E-state index in [1.165, 1.54) is 6.07 Å². The van der Waals surface area contributed by atoms with Gasteiger partial charge in [0.05, 0.1) is 10.9 Å². The third kappa shape index (κ3) is 3.04. The molecule has 110 valence electrons. The molecule has 0 aliphatic rings. The SMILES string of the molecule is CC(Cl)c1nc2c(F)cccc2n1CCC(C)S(C)=O. The van der Waals surface area contributed by atoms with Crippen LogP contribution in [0.1, 0.15) is 31.5 Å². The Kier molecular flexibility index (Phi) is 4.81. The summed E-state index contributed by atoms with van der Waals surface area (Å²) < 4.78 is 27.2. The zero-order valence-corrected chi connectivity index (χ0v) is 13.3. The van der Waals surface area contributed by atoms with Crippen LogP contribution in [0.15, 0.2) is 18.2 Å². The lowest BCUT2D eigenvalue weighted by molar-refractivity contribution is 0.608. The number of halogens is 2. The molecule has 1 aromatic carbocycles. The van der Waals surface area contributed by atoms with Crippen LogP contribution in [0, 0.1) is 5.82 Å². The third-order valence-corrected chi connectivity index (χ3v) is 5.00. The number of aromatic nitrogens is 2. The maximum Gasteiger partial charge on any atom is 0.151 e. The second-order valence-electron chi connectivity index (χ2n) is 4.94. The van der Waals surface area contributed by atoms with Crippen LogP contribution >= 0.6 is 11.6 Å². The van der Waals surface area contributed by atoms with E-state index in [-0.39, 0.29) is 16.4 Å². The molecule has 6 heteroatoms. The van der Waals surface area contributed by atoms with Gasteiger partial charge in [-0.3, -0.25) is 4.21 Å². The van der Waals surface area contributed by atoms with Crippen LogP contribution in [-0.4, -0.2) is 25.3 Å². The number of hydrogen-bond donors (Lipinski definition) is 0. The van der Waals surface area contributed by atoms with E-state index in [0.717, 1.165) is 11.9 Å². The molecule has 0 saturated carbocycles. The predicted octanol–water partition coefficient (Wildman–Crippen LogP) is 3.63. The van der Waals surface area contributed by atoms with Gasteiger partial charge in [0.15, 0.2) is 5.82 Å². The van der Waals surface area contributed by atoms with E-state index in [0.29, 0.717) is 17.9 Å². The van der Waals surface area contributed by atoms with Crippen molar-refractivity contribution in [3.63, 3.8) is 0 Å². The Hall–Kier alpha value is -0.940. The van der Waals surface area contributed by atoms with Crippen LogP contribution in [0.4, 0.5) is 4.39 Å². The summed E-state index contributed by atoms with van der Waals surface area (Å²) >= 11 is 6.14. The first kappa shape index (κ1) is 15.4. The Morgan fingerprint density at radius 3 is 2.75 bits per heavy atom. The predicted molar refractivity (Wildman–Crippen MR) is 82.1 cm³/mol. The average molecular weight is 317 g/mol. The van der Waals surface area contributed by atoms with Crippen molar-refractivity contribution in [3.05, 3.63) is 29.8 Å². The minimum Gasteiger partial charge on any atom is -0.327 e.